The predicted octanol–water partition coefficient (Wildman–Crippen LogP) is 4.89. The fourth-order valence-corrected chi connectivity index (χ4v) is 6.13. The molecule has 0 spiro atoms. The topological polar surface area (TPSA) is 49.8 Å². The van der Waals surface area contributed by atoms with Gasteiger partial charge in [0.25, 0.3) is 0 Å². The van der Waals surface area contributed by atoms with E-state index in [1.165, 1.54) is 25.7 Å². The molecule has 3 heteroatoms. The Hall–Kier alpha value is -0.570. The SMILES string of the molecule is CC(CCC1(C)C(C)CCC2(C)C1CCC1OC12C)CC(=O)O. The van der Waals surface area contributed by atoms with Crippen LogP contribution in [0, 0.1) is 28.6 Å². The summed E-state index contributed by atoms with van der Waals surface area (Å²) in [7, 11) is 0. The van der Waals surface area contributed by atoms with Crippen LogP contribution in [0.25, 0.3) is 0 Å². The van der Waals surface area contributed by atoms with Crippen molar-refractivity contribution in [3.05, 3.63) is 0 Å². The molecule has 0 aromatic heterocycles. The monoisotopic (exact) mass is 322 g/mol. The number of rotatable bonds is 5. The number of carboxylic acid groups (broad SMARTS) is 1. The zero-order valence-electron chi connectivity index (χ0n) is 15.5. The maximum absolute atomic E-state index is 11.0. The third kappa shape index (κ3) is 2.54. The molecule has 1 N–H and O–H groups in total. The largest absolute Gasteiger partial charge is 0.481 e. The fraction of sp³-hybridized carbons (Fsp3) is 0.950. The van der Waals surface area contributed by atoms with Crippen molar-refractivity contribution < 1.29 is 14.6 Å². The maximum atomic E-state index is 11.0. The van der Waals surface area contributed by atoms with Gasteiger partial charge in [-0.25, -0.2) is 0 Å². The highest BCUT2D eigenvalue weighted by Gasteiger charge is 2.71. The van der Waals surface area contributed by atoms with Crippen LogP contribution in [0.2, 0.25) is 0 Å². The number of hydrogen-bond donors (Lipinski definition) is 1. The Balaban J connectivity index is 1.77. The second-order valence-electron chi connectivity index (χ2n) is 9.45. The number of fused-ring (bicyclic) bond motifs is 3. The summed E-state index contributed by atoms with van der Waals surface area (Å²) in [5.41, 5.74) is 0.719. The first kappa shape index (κ1) is 17.3. The van der Waals surface area contributed by atoms with Crippen LogP contribution < -0.4 is 0 Å². The van der Waals surface area contributed by atoms with Crippen molar-refractivity contribution >= 4 is 5.97 Å². The van der Waals surface area contributed by atoms with Crippen LogP contribution in [0.15, 0.2) is 0 Å². The van der Waals surface area contributed by atoms with Gasteiger partial charge in [-0.2, -0.15) is 0 Å². The molecule has 3 aliphatic rings. The minimum absolute atomic E-state index is 0.101. The van der Waals surface area contributed by atoms with E-state index in [0.717, 1.165) is 18.8 Å². The summed E-state index contributed by atoms with van der Waals surface area (Å²) in [4.78, 5) is 11.0. The number of carboxylic acids is 1. The number of epoxide rings is 1. The molecule has 3 rings (SSSR count). The lowest BCUT2D eigenvalue weighted by Gasteiger charge is -2.59. The molecule has 3 fully saturated rings. The van der Waals surface area contributed by atoms with Crippen LogP contribution in [0.5, 0.6) is 0 Å². The first-order chi connectivity index (χ1) is 10.6. The van der Waals surface area contributed by atoms with Gasteiger partial charge in [0.2, 0.25) is 0 Å². The van der Waals surface area contributed by atoms with E-state index in [2.05, 4.69) is 34.6 Å². The van der Waals surface area contributed by atoms with Crippen LogP contribution >= 0.6 is 0 Å². The van der Waals surface area contributed by atoms with Crippen molar-refractivity contribution in [3.63, 3.8) is 0 Å². The van der Waals surface area contributed by atoms with E-state index in [0.29, 0.717) is 29.3 Å². The molecule has 132 valence electrons. The lowest BCUT2D eigenvalue weighted by atomic mass is 9.44. The molecule has 1 saturated heterocycles. The molecule has 7 unspecified atom stereocenters. The molecular weight excluding hydrogens is 288 g/mol. The van der Waals surface area contributed by atoms with Gasteiger partial charge in [0, 0.05) is 11.8 Å². The summed E-state index contributed by atoms with van der Waals surface area (Å²) in [6.07, 6.45) is 8.04. The Kier molecular flexibility index (Phi) is 4.11. The van der Waals surface area contributed by atoms with Gasteiger partial charge in [0.05, 0.1) is 11.7 Å². The molecular formula is C20H34O3. The highest BCUT2D eigenvalue weighted by Crippen LogP contribution is 2.70. The Morgan fingerprint density at radius 1 is 1.26 bits per heavy atom. The van der Waals surface area contributed by atoms with Gasteiger partial charge < -0.3 is 9.84 Å². The van der Waals surface area contributed by atoms with E-state index in [9.17, 15) is 4.79 Å². The Morgan fingerprint density at radius 2 is 1.96 bits per heavy atom. The highest BCUT2D eigenvalue weighted by molar-refractivity contribution is 5.66. The number of ether oxygens (including phenoxy) is 1. The minimum Gasteiger partial charge on any atom is -0.481 e. The third-order valence-electron chi connectivity index (χ3n) is 8.28. The first-order valence-corrected chi connectivity index (χ1v) is 9.53. The van der Waals surface area contributed by atoms with E-state index < -0.39 is 5.97 Å². The summed E-state index contributed by atoms with van der Waals surface area (Å²) in [5, 5.41) is 9.02. The van der Waals surface area contributed by atoms with Crippen molar-refractivity contribution in [3.8, 4) is 0 Å². The summed E-state index contributed by atoms with van der Waals surface area (Å²) >= 11 is 0. The van der Waals surface area contributed by atoms with Gasteiger partial charge in [0.15, 0.2) is 0 Å². The van der Waals surface area contributed by atoms with Crippen LogP contribution in [-0.2, 0) is 9.53 Å². The number of carbonyl (C=O) groups is 1. The normalized spacial score (nSPS) is 49.9. The average molecular weight is 322 g/mol. The molecule has 0 aromatic carbocycles. The van der Waals surface area contributed by atoms with Gasteiger partial charge in [-0.1, -0.05) is 27.7 Å². The van der Waals surface area contributed by atoms with Crippen LogP contribution in [0.3, 0.4) is 0 Å². The van der Waals surface area contributed by atoms with Crippen LogP contribution in [-0.4, -0.2) is 22.8 Å². The zero-order valence-corrected chi connectivity index (χ0v) is 15.5. The van der Waals surface area contributed by atoms with Crippen molar-refractivity contribution in [1.82, 2.24) is 0 Å². The predicted molar refractivity (Wildman–Crippen MR) is 91.3 cm³/mol. The van der Waals surface area contributed by atoms with Gasteiger partial charge in [-0.3, -0.25) is 4.79 Å². The summed E-state index contributed by atoms with van der Waals surface area (Å²) in [6, 6.07) is 0. The standard InChI is InChI=1S/C20H34O3/c1-13(12-17(21)22)8-10-18(3)14(2)9-11-19(4)15(18)6-7-16-20(19,5)23-16/h13-16H,6-12H2,1-5H3,(H,21,22). The summed E-state index contributed by atoms with van der Waals surface area (Å²) < 4.78 is 6.17. The molecule has 3 nitrogen and oxygen atoms in total. The zero-order chi connectivity index (χ0) is 17.0. The van der Waals surface area contributed by atoms with E-state index in [1.54, 1.807) is 0 Å². The van der Waals surface area contributed by atoms with Crippen LogP contribution in [0.4, 0.5) is 0 Å². The number of hydrogen-bond acceptors (Lipinski definition) is 2. The quantitative estimate of drug-likeness (QED) is 0.733. The van der Waals surface area contributed by atoms with E-state index >= 15 is 0 Å². The maximum Gasteiger partial charge on any atom is 0.303 e. The van der Waals surface area contributed by atoms with Gasteiger partial charge in [0.1, 0.15) is 0 Å². The molecule has 2 saturated carbocycles. The lowest BCUT2D eigenvalue weighted by Crippen LogP contribution is -2.56. The van der Waals surface area contributed by atoms with Gasteiger partial charge in [-0.05, 0) is 68.6 Å². The average Bonchev–Trinajstić information content (AvgIpc) is 3.14. The smallest absolute Gasteiger partial charge is 0.303 e. The Morgan fingerprint density at radius 3 is 2.61 bits per heavy atom. The van der Waals surface area contributed by atoms with E-state index in [1.807, 2.05) is 0 Å². The molecule has 1 aliphatic heterocycles. The first-order valence-electron chi connectivity index (χ1n) is 9.53. The lowest BCUT2D eigenvalue weighted by molar-refractivity contribution is -0.138. The Bertz CT molecular complexity index is 489. The second-order valence-corrected chi connectivity index (χ2v) is 9.45. The number of aliphatic carboxylic acids is 1. The van der Waals surface area contributed by atoms with E-state index in [4.69, 9.17) is 9.84 Å². The molecule has 0 bridgehead atoms. The van der Waals surface area contributed by atoms with Crippen molar-refractivity contribution in [2.45, 2.75) is 91.3 Å². The molecule has 7 atom stereocenters. The fourth-order valence-electron chi connectivity index (χ4n) is 6.13. The summed E-state index contributed by atoms with van der Waals surface area (Å²) in [5.74, 6) is 1.04. The Labute approximate surface area is 141 Å². The van der Waals surface area contributed by atoms with Gasteiger partial charge in [-0.15, -0.1) is 0 Å². The molecule has 1 heterocycles. The highest BCUT2D eigenvalue weighted by atomic mass is 16.6. The second kappa shape index (κ2) is 5.47. The minimum atomic E-state index is -0.663. The van der Waals surface area contributed by atoms with Crippen LogP contribution in [0.1, 0.15) is 79.6 Å². The molecule has 0 radical (unpaired) electrons. The van der Waals surface area contributed by atoms with Crippen molar-refractivity contribution in [2.24, 2.45) is 28.6 Å². The molecule has 2 aliphatic carbocycles. The van der Waals surface area contributed by atoms with Crippen molar-refractivity contribution in [2.75, 3.05) is 0 Å². The van der Waals surface area contributed by atoms with E-state index in [-0.39, 0.29) is 11.5 Å². The third-order valence-corrected chi connectivity index (χ3v) is 8.28. The van der Waals surface area contributed by atoms with Gasteiger partial charge >= 0.3 is 5.97 Å². The van der Waals surface area contributed by atoms with Crippen molar-refractivity contribution in [1.29, 1.82) is 0 Å². The molecule has 23 heavy (non-hydrogen) atoms. The summed E-state index contributed by atoms with van der Waals surface area (Å²) in [6.45, 7) is 11.8. The molecule has 0 aromatic rings. The molecule has 0 amide bonds.